The minimum Gasteiger partial charge on any atom is -0.455 e. The van der Waals surface area contributed by atoms with Crippen LogP contribution in [0, 0.1) is 5.41 Å². The summed E-state index contributed by atoms with van der Waals surface area (Å²) in [5, 5.41) is 10.3. The topological polar surface area (TPSA) is 85.7 Å². The molecular formula is C19H25NO5. The van der Waals surface area contributed by atoms with E-state index in [-0.39, 0.29) is 18.1 Å². The molecule has 0 radical (unpaired) electrons. The quantitative estimate of drug-likeness (QED) is 0.650. The van der Waals surface area contributed by atoms with E-state index >= 15 is 0 Å². The second kappa shape index (κ2) is 6.50. The Labute approximate surface area is 147 Å². The molecule has 1 heterocycles. The molecule has 3 rings (SSSR count). The largest absolute Gasteiger partial charge is 0.455 e. The van der Waals surface area contributed by atoms with Gasteiger partial charge in [0.2, 0.25) is 0 Å². The van der Waals surface area contributed by atoms with Crippen molar-refractivity contribution >= 4 is 11.8 Å². The number of hydrogen-bond donors (Lipinski definition) is 1. The van der Waals surface area contributed by atoms with Crippen molar-refractivity contribution in [1.29, 1.82) is 0 Å². The minimum absolute atomic E-state index is 0.0108. The van der Waals surface area contributed by atoms with Gasteiger partial charge in [-0.2, -0.15) is 0 Å². The molecule has 25 heavy (non-hydrogen) atoms. The van der Waals surface area contributed by atoms with E-state index in [1.54, 1.807) is 13.1 Å². The highest BCUT2D eigenvalue weighted by Crippen LogP contribution is 2.51. The Hall–Kier alpha value is -1.79. The number of ketones is 1. The number of fused-ring (bicyclic) bond motifs is 1. The molecule has 0 aliphatic heterocycles. The molecule has 0 bridgehead atoms. The van der Waals surface area contributed by atoms with Crippen LogP contribution in [0.25, 0.3) is 0 Å². The van der Waals surface area contributed by atoms with Gasteiger partial charge in [-0.1, -0.05) is 13.8 Å². The third-order valence-electron chi connectivity index (χ3n) is 4.89. The standard InChI is InChI=1S/C19H25NO5/c1-5-24-18(23)12-9-20-16-15(14(12)11-6-7-11)13(22)8-19(3,4)17(16)25-10(2)21/h9,11,17-18,23H,5-8H2,1-4H3. The average molecular weight is 347 g/mol. The van der Waals surface area contributed by atoms with E-state index in [9.17, 15) is 14.7 Å². The van der Waals surface area contributed by atoms with Crippen molar-refractivity contribution in [1.82, 2.24) is 4.98 Å². The minimum atomic E-state index is -1.10. The van der Waals surface area contributed by atoms with Crippen molar-refractivity contribution in [3.63, 3.8) is 0 Å². The molecule has 6 heteroatoms. The summed E-state index contributed by atoms with van der Waals surface area (Å²) >= 11 is 0. The van der Waals surface area contributed by atoms with Gasteiger partial charge in [-0.25, -0.2) is 0 Å². The number of aliphatic hydroxyl groups is 1. The number of Topliss-reactive ketones (excluding diaryl/α,β-unsaturated/α-hetero) is 1. The van der Waals surface area contributed by atoms with E-state index in [1.165, 1.54) is 6.92 Å². The van der Waals surface area contributed by atoms with Crippen LogP contribution in [0.5, 0.6) is 0 Å². The summed E-state index contributed by atoms with van der Waals surface area (Å²) in [7, 11) is 0. The van der Waals surface area contributed by atoms with E-state index in [0.717, 1.165) is 18.4 Å². The third kappa shape index (κ3) is 3.33. The van der Waals surface area contributed by atoms with Crippen LogP contribution in [0.1, 0.15) is 92.4 Å². The van der Waals surface area contributed by atoms with E-state index in [1.807, 2.05) is 13.8 Å². The normalized spacial score (nSPS) is 23.1. The number of pyridine rings is 1. The monoisotopic (exact) mass is 347 g/mol. The summed E-state index contributed by atoms with van der Waals surface area (Å²) < 4.78 is 10.9. The summed E-state index contributed by atoms with van der Waals surface area (Å²) in [6.07, 6.45) is 2.10. The van der Waals surface area contributed by atoms with Crippen molar-refractivity contribution in [3.05, 3.63) is 28.6 Å². The maximum Gasteiger partial charge on any atom is 0.303 e. The Balaban J connectivity index is 2.16. The molecule has 0 spiro atoms. The van der Waals surface area contributed by atoms with E-state index < -0.39 is 23.8 Å². The molecule has 0 aromatic carbocycles. The first-order valence-corrected chi connectivity index (χ1v) is 8.79. The van der Waals surface area contributed by atoms with E-state index in [4.69, 9.17) is 9.47 Å². The van der Waals surface area contributed by atoms with Crippen LogP contribution >= 0.6 is 0 Å². The van der Waals surface area contributed by atoms with Gasteiger partial charge in [-0.3, -0.25) is 14.6 Å². The highest BCUT2D eigenvalue weighted by molar-refractivity contribution is 6.01. The molecule has 0 saturated heterocycles. The van der Waals surface area contributed by atoms with E-state index in [0.29, 0.717) is 23.4 Å². The van der Waals surface area contributed by atoms with Crippen molar-refractivity contribution in [3.8, 4) is 0 Å². The molecule has 2 atom stereocenters. The lowest BCUT2D eigenvalue weighted by atomic mass is 9.71. The SMILES string of the molecule is CCOC(O)c1cnc2c(c1C1CC1)C(=O)CC(C)(C)C2OC(C)=O. The van der Waals surface area contributed by atoms with Crippen molar-refractivity contribution in [2.75, 3.05) is 6.61 Å². The Kier molecular flexibility index (Phi) is 4.68. The molecule has 2 aliphatic rings. The van der Waals surface area contributed by atoms with Gasteiger partial charge in [0.25, 0.3) is 0 Å². The Morgan fingerprint density at radius 2 is 2.12 bits per heavy atom. The first-order chi connectivity index (χ1) is 11.8. The predicted octanol–water partition coefficient (Wildman–Crippen LogP) is 3.20. The summed E-state index contributed by atoms with van der Waals surface area (Å²) in [6, 6.07) is 0. The number of nitrogens with zero attached hydrogens (tertiary/aromatic N) is 1. The summed E-state index contributed by atoms with van der Waals surface area (Å²) in [4.78, 5) is 28.9. The molecule has 6 nitrogen and oxygen atoms in total. The number of esters is 1. The maximum atomic E-state index is 12.9. The fraction of sp³-hybridized carbons (Fsp3) is 0.632. The smallest absolute Gasteiger partial charge is 0.303 e. The molecular weight excluding hydrogens is 322 g/mol. The van der Waals surface area contributed by atoms with Crippen LogP contribution < -0.4 is 0 Å². The molecule has 0 amide bonds. The molecule has 1 aromatic rings. The van der Waals surface area contributed by atoms with Gasteiger partial charge in [0.1, 0.15) is 6.10 Å². The average Bonchev–Trinajstić information content (AvgIpc) is 3.34. The molecule has 2 aliphatic carbocycles. The number of carbonyl (C=O) groups excluding carboxylic acids is 2. The summed E-state index contributed by atoms with van der Waals surface area (Å²) in [5.41, 5.74) is 1.88. The molecule has 1 aromatic heterocycles. The number of carbonyl (C=O) groups is 2. The zero-order chi connectivity index (χ0) is 18.4. The second-order valence-corrected chi connectivity index (χ2v) is 7.55. The number of aromatic nitrogens is 1. The fourth-order valence-electron chi connectivity index (χ4n) is 3.65. The third-order valence-corrected chi connectivity index (χ3v) is 4.89. The Morgan fingerprint density at radius 1 is 1.44 bits per heavy atom. The first-order valence-electron chi connectivity index (χ1n) is 8.79. The van der Waals surface area contributed by atoms with Crippen LogP contribution in [0.3, 0.4) is 0 Å². The Bertz CT molecular complexity index is 708. The molecule has 1 fully saturated rings. The van der Waals surface area contributed by atoms with E-state index in [2.05, 4.69) is 4.98 Å². The fourth-order valence-corrected chi connectivity index (χ4v) is 3.65. The van der Waals surface area contributed by atoms with Gasteiger partial charge in [-0.05, 0) is 31.2 Å². The molecule has 1 N–H and O–H groups in total. The van der Waals surface area contributed by atoms with Crippen LogP contribution in [-0.2, 0) is 14.3 Å². The lowest BCUT2D eigenvalue weighted by Crippen LogP contribution is -2.36. The predicted molar refractivity (Wildman–Crippen MR) is 90.0 cm³/mol. The van der Waals surface area contributed by atoms with Crippen LogP contribution in [0.2, 0.25) is 0 Å². The summed E-state index contributed by atoms with van der Waals surface area (Å²) in [5.74, 6) is -0.181. The van der Waals surface area contributed by atoms with Gasteiger partial charge < -0.3 is 14.6 Å². The number of rotatable bonds is 5. The molecule has 2 unspecified atom stereocenters. The molecule has 136 valence electrons. The zero-order valence-electron chi connectivity index (χ0n) is 15.2. The number of aliphatic hydroxyl groups excluding tert-OH is 1. The zero-order valence-corrected chi connectivity index (χ0v) is 15.2. The maximum absolute atomic E-state index is 12.9. The van der Waals surface area contributed by atoms with Crippen molar-refractivity contribution < 1.29 is 24.2 Å². The van der Waals surface area contributed by atoms with Crippen LogP contribution in [0.15, 0.2) is 6.20 Å². The van der Waals surface area contributed by atoms with Crippen LogP contribution in [-0.4, -0.2) is 28.4 Å². The van der Waals surface area contributed by atoms with Crippen molar-refractivity contribution in [2.24, 2.45) is 5.41 Å². The highest BCUT2D eigenvalue weighted by atomic mass is 16.6. The first kappa shape index (κ1) is 18.0. The number of hydrogen-bond acceptors (Lipinski definition) is 6. The highest BCUT2D eigenvalue weighted by Gasteiger charge is 2.46. The van der Waals surface area contributed by atoms with Gasteiger partial charge in [0.05, 0.1) is 5.69 Å². The number of ether oxygens (including phenoxy) is 2. The lowest BCUT2D eigenvalue weighted by molar-refractivity contribution is -0.154. The lowest BCUT2D eigenvalue weighted by Gasteiger charge is -2.38. The van der Waals surface area contributed by atoms with Crippen molar-refractivity contribution in [2.45, 2.75) is 65.3 Å². The van der Waals surface area contributed by atoms with Gasteiger partial charge >= 0.3 is 5.97 Å². The van der Waals surface area contributed by atoms with Gasteiger partial charge in [0, 0.05) is 42.7 Å². The Morgan fingerprint density at radius 3 is 2.68 bits per heavy atom. The summed E-state index contributed by atoms with van der Waals surface area (Å²) in [6.45, 7) is 7.34. The van der Waals surface area contributed by atoms with Gasteiger partial charge in [0.15, 0.2) is 12.1 Å². The van der Waals surface area contributed by atoms with Gasteiger partial charge in [-0.15, -0.1) is 0 Å². The molecule has 1 saturated carbocycles. The van der Waals surface area contributed by atoms with Crippen LogP contribution in [0.4, 0.5) is 0 Å². The second-order valence-electron chi connectivity index (χ2n) is 7.55.